The summed E-state index contributed by atoms with van der Waals surface area (Å²) in [6, 6.07) is 17.2. The number of aryl methyl sites for hydroxylation is 2. The smallest absolute Gasteiger partial charge is 0.264 e. The summed E-state index contributed by atoms with van der Waals surface area (Å²) in [5.41, 5.74) is 2.50. The van der Waals surface area contributed by atoms with Crippen LogP contribution in [0, 0.1) is 13.8 Å². The molecule has 3 rings (SSSR count). The molecule has 7 nitrogen and oxygen atoms in total. The largest absolute Gasteiger partial charge is 0.352 e. The number of sulfonamides is 1. The van der Waals surface area contributed by atoms with Gasteiger partial charge in [0.2, 0.25) is 11.8 Å². The standard InChI is InChI=1S/C29H33Cl2N3O4S/c1-19(2)32-29(36)22(5)33(17-23-7-6-8-24(30)16-23)28(35)18-34(27-14-11-25(31)15-21(27)4)39(37,38)26-12-9-20(3)10-13-26/h6-16,19,22H,17-18H2,1-5H3,(H,32,36)/t22-/m1/s1. The van der Waals surface area contributed by atoms with E-state index in [0.29, 0.717) is 26.9 Å². The molecule has 0 aliphatic carbocycles. The number of amides is 2. The number of carbonyl (C=O) groups is 2. The summed E-state index contributed by atoms with van der Waals surface area (Å²) in [5, 5.41) is 3.76. The van der Waals surface area contributed by atoms with Crippen molar-refractivity contribution >= 4 is 50.7 Å². The monoisotopic (exact) mass is 589 g/mol. The van der Waals surface area contributed by atoms with Crippen molar-refractivity contribution in [3.8, 4) is 0 Å². The van der Waals surface area contributed by atoms with Gasteiger partial charge in [0.25, 0.3) is 10.0 Å². The summed E-state index contributed by atoms with van der Waals surface area (Å²) in [6.07, 6.45) is 0. The van der Waals surface area contributed by atoms with Crippen LogP contribution in [0.5, 0.6) is 0 Å². The van der Waals surface area contributed by atoms with Gasteiger partial charge in [-0.25, -0.2) is 8.42 Å². The van der Waals surface area contributed by atoms with Crippen molar-refractivity contribution in [2.45, 2.75) is 58.1 Å². The average Bonchev–Trinajstić information content (AvgIpc) is 2.85. The number of anilines is 1. The van der Waals surface area contributed by atoms with Crippen molar-refractivity contribution in [2.75, 3.05) is 10.8 Å². The van der Waals surface area contributed by atoms with Crippen LogP contribution >= 0.6 is 23.2 Å². The fourth-order valence-electron chi connectivity index (χ4n) is 4.07. The van der Waals surface area contributed by atoms with Crippen LogP contribution in [0.1, 0.15) is 37.5 Å². The molecule has 208 valence electrons. The van der Waals surface area contributed by atoms with Crippen LogP contribution in [0.3, 0.4) is 0 Å². The van der Waals surface area contributed by atoms with E-state index >= 15 is 0 Å². The molecule has 0 saturated heterocycles. The Bertz CT molecular complexity index is 1440. The van der Waals surface area contributed by atoms with E-state index in [1.807, 2.05) is 20.8 Å². The van der Waals surface area contributed by atoms with Gasteiger partial charge in [0.05, 0.1) is 10.6 Å². The predicted octanol–water partition coefficient (Wildman–Crippen LogP) is 5.75. The third-order valence-corrected chi connectivity index (χ3v) is 8.40. The number of nitrogens with zero attached hydrogens (tertiary/aromatic N) is 2. The zero-order chi connectivity index (χ0) is 28.9. The van der Waals surface area contributed by atoms with Crippen molar-refractivity contribution in [2.24, 2.45) is 0 Å². The van der Waals surface area contributed by atoms with Gasteiger partial charge >= 0.3 is 0 Å². The van der Waals surface area contributed by atoms with Crippen LogP contribution < -0.4 is 9.62 Å². The summed E-state index contributed by atoms with van der Waals surface area (Å²) in [6.45, 7) is 8.39. The Morgan fingerprint density at radius 3 is 2.13 bits per heavy atom. The zero-order valence-corrected chi connectivity index (χ0v) is 24.9. The van der Waals surface area contributed by atoms with Crippen molar-refractivity contribution < 1.29 is 18.0 Å². The first-order valence-corrected chi connectivity index (χ1v) is 14.7. The second-order valence-corrected chi connectivity index (χ2v) is 12.5. The minimum absolute atomic E-state index is 0.0437. The molecule has 0 saturated carbocycles. The van der Waals surface area contributed by atoms with Gasteiger partial charge in [-0.1, -0.05) is 53.0 Å². The van der Waals surface area contributed by atoms with Gasteiger partial charge in [-0.15, -0.1) is 0 Å². The maximum absolute atomic E-state index is 13.9. The van der Waals surface area contributed by atoms with Crippen molar-refractivity contribution in [1.82, 2.24) is 10.2 Å². The molecule has 0 aliphatic heterocycles. The summed E-state index contributed by atoms with van der Waals surface area (Å²) in [4.78, 5) is 28.3. The minimum atomic E-state index is -4.16. The maximum Gasteiger partial charge on any atom is 0.264 e. The van der Waals surface area contributed by atoms with E-state index in [0.717, 1.165) is 9.87 Å². The van der Waals surface area contributed by atoms with Crippen LogP contribution in [0.2, 0.25) is 10.0 Å². The molecule has 39 heavy (non-hydrogen) atoms. The van der Waals surface area contributed by atoms with Crippen molar-refractivity contribution in [1.29, 1.82) is 0 Å². The quantitative estimate of drug-likeness (QED) is 0.326. The number of nitrogens with one attached hydrogen (secondary N) is 1. The number of rotatable bonds is 10. The summed E-state index contributed by atoms with van der Waals surface area (Å²) >= 11 is 12.3. The molecular weight excluding hydrogens is 557 g/mol. The summed E-state index contributed by atoms with van der Waals surface area (Å²) in [7, 11) is -4.16. The molecule has 0 radical (unpaired) electrons. The van der Waals surface area contributed by atoms with E-state index in [-0.39, 0.29) is 23.4 Å². The van der Waals surface area contributed by atoms with Crippen LogP contribution in [0.25, 0.3) is 0 Å². The molecule has 2 amide bonds. The molecular formula is C29H33Cl2N3O4S. The Labute approximate surface area is 240 Å². The molecule has 0 heterocycles. The Morgan fingerprint density at radius 1 is 0.897 bits per heavy atom. The molecule has 0 aliphatic rings. The maximum atomic E-state index is 13.9. The molecule has 1 N–H and O–H groups in total. The highest BCUT2D eigenvalue weighted by Crippen LogP contribution is 2.29. The molecule has 0 spiro atoms. The lowest BCUT2D eigenvalue weighted by Crippen LogP contribution is -2.52. The highest BCUT2D eigenvalue weighted by atomic mass is 35.5. The molecule has 0 fully saturated rings. The second kappa shape index (κ2) is 12.9. The third-order valence-electron chi connectivity index (χ3n) is 6.16. The van der Waals surface area contributed by atoms with Gasteiger partial charge in [0, 0.05) is 22.6 Å². The number of benzene rings is 3. The minimum Gasteiger partial charge on any atom is -0.352 e. The topological polar surface area (TPSA) is 86.8 Å². The van der Waals surface area contributed by atoms with Gasteiger partial charge in [-0.2, -0.15) is 0 Å². The summed E-state index contributed by atoms with van der Waals surface area (Å²) < 4.78 is 28.9. The van der Waals surface area contributed by atoms with E-state index < -0.39 is 28.5 Å². The van der Waals surface area contributed by atoms with E-state index in [2.05, 4.69) is 5.32 Å². The zero-order valence-electron chi connectivity index (χ0n) is 22.6. The Kier molecular flexibility index (Phi) is 10.0. The van der Waals surface area contributed by atoms with E-state index in [1.165, 1.54) is 17.0 Å². The lowest BCUT2D eigenvalue weighted by atomic mass is 10.1. The van der Waals surface area contributed by atoms with Crippen molar-refractivity contribution in [3.63, 3.8) is 0 Å². The van der Waals surface area contributed by atoms with Crippen LogP contribution in [0.15, 0.2) is 71.6 Å². The summed E-state index contributed by atoms with van der Waals surface area (Å²) in [5.74, 6) is -0.901. The van der Waals surface area contributed by atoms with Crippen LogP contribution in [0.4, 0.5) is 5.69 Å². The SMILES string of the molecule is Cc1ccc(S(=O)(=O)N(CC(=O)N(Cc2cccc(Cl)c2)[C@H](C)C(=O)NC(C)C)c2ccc(Cl)cc2C)cc1. The van der Waals surface area contributed by atoms with E-state index in [4.69, 9.17) is 23.2 Å². The number of hydrogen-bond acceptors (Lipinski definition) is 4. The van der Waals surface area contributed by atoms with Gasteiger partial charge in [0.1, 0.15) is 12.6 Å². The third kappa shape index (κ3) is 7.75. The Morgan fingerprint density at radius 2 is 1.54 bits per heavy atom. The van der Waals surface area contributed by atoms with Gasteiger partial charge in [-0.05, 0) is 88.2 Å². The highest BCUT2D eigenvalue weighted by molar-refractivity contribution is 7.92. The molecule has 0 bridgehead atoms. The van der Waals surface area contributed by atoms with Crippen LogP contribution in [-0.2, 0) is 26.2 Å². The molecule has 3 aromatic carbocycles. The predicted molar refractivity (Wildman–Crippen MR) is 157 cm³/mol. The molecule has 1 atom stereocenters. The van der Waals surface area contributed by atoms with Gasteiger partial charge < -0.3 is 10.2 Å². The first-order valence-electron chi connectivity index (χ1n) is 12.5. The highest BCUT2D eigenvalue weighted by Gasteiger charge is 2.33. The molecule has 0 unspecified atom stereocenters. The molecule has 3 aromatic rings. The molecule has 10 heteroatoms. The molecule has 0 aromatic heterocycles. The van der Waals surface area contributed by atoms with Gasteiger partial charge in [-0.3, -0.25) is 13.9 Å². The Balaban J connectivity index is 2.07. The van der Waals surface area contributed by atoms with Crippen LogP contribution in [-0.4, -0.2) is 43.8 Å². The Hall–Kier alpha value is -3.07. The van der Waals surface area contributed by atoms with E-state index in [9.17, 15) is 18.0 Å². The number of halogens is 2. The lowest BCUT2D eigenvalue weighted by Gasteiger charge is -2.32. The number of hydrogen-bond donors (Lipinski definition) is 1. The normalized spacial score (nSPS) is 12.2. The van der Waals surface area contributed by atoms with Crippen molar-refractivity contribution in [3.05, 3.63) is 93.5 Å². The first-order chi connectivity index (χ1) is 18.3. The van der Waals surface area contributed by atoms with Gasteiger partial charge in [0.15, 0.2) is 0 Å². The first kappa shape index (κ1) is 30.5. The fourth-order valence-corrected chi connectivity index (χ4v) is 5.99. The number of carbonyl (C=O) groups excluding carboxylic acids is 2. The average molecular weight is 591 g/mol. The second-order valence-electron chi connectivity index (χ2n) is 9.75. The van der Waals surface area contributed by atoms with E-state index in [1.54, 1.807) is 68.4 Å². The fraction of sp³-hybridized carbons (Fsp3) is 0.310. The lowest BCUT2D eigenvalue weighted by molar-refractivity contribution is -0.139.